The molecule has 0 spiro atoms. The zero-order valence-electron chi connectivity index (χ0n) is 17.6. The number of amides is 1. The van der Waals surface area contributed by atoms with Crippen LogP contribution in [0.25, 0.3) is 10.8 Å². The fraction of sp³-hybridized carbons (Fsp3) is 0.250. The van der Waals surface area contributed by atoms with Crippen molar-refractivity contribution >= 4 is 22.7 Å². The van der Waals surface area contributed by atoms with Crippen LogP contribution in [0.15, 0.2) is 71.9 Å². The second-order valence-corrected chi connectivity index (χ2v) is 7.39. The second kappa shape index (κ2) is 11.6. The van der Waals surface area contributed by atoms with Gasteiger partial charge >= 0.3 is 6.09 Å². The Morgan fingerprint density at radius 1 is 1.00 bits per heavy atom. The topological polar surface area (TPSA) is 115 Å². The lowest BCUT2D eigenvalue weighted by molar-refractivity contribution is 0.142. The number of hydrogen-bond acceptors (Lipinski definition) is 5. The number of carboxylic acid groups (broad SMARTS) is 1. The van der Waals surface area contributed by atoms with Gasteiger partial charge in [0.2, 0.25) is 0 Å². The number of fused-ring (bicyclic) bond motifs is 1. The Labute approximate surface area is 186 Å². The summed E-state index contributed by atoms with van der Waals surface area (Å²) in [6.07, 6.45) is 0.857. The van der Waals surface area contributed by atoms with E-state index in [0.717, 1.165) is 34.9 Å². The molecule has 0 heterocycles. The van der Waals surface area contributed by atoms with Gasteiger partial charge in [-0.1, -0.05) is 53.7 Å². The maximum absolute atomic E-state index is 11.5. The van der Waals surface area contributed by atoms with Crippen molar-refractivity contribution in [3.05, 3.63) is 77.9 Å². The minimum absolute atomic E-state index is 0.0534. The third-order valence-corrected chi connectivity index (χ3v) is 5.11. The first-order valence-electron chi connectivity index (χ1n) is 10.4. The largest absolute Gasteiger partial charge is 0.494 e. The molecule has 0 aliphatic carbocycles. The second-order valence-electron chi connectivity index (χ2n) is 7.39. The van der Waals surface area contributed by atoms with Gasteiger partial charge in [0.05, 0.1) is 6.61 Å². The summed E-state index contributed by atoms with van der Waals surface area (Å²) >= 11 is 0. The van der Waals surface area contributed by atoms with Gasteiger partial charge < -0.3 is 20.0 Å². The Balaban J connectivity index is 1.57. The van der Waals surface area contributed by atoms with Crippen LogP contribution in [0.4, 0.5) is 4.79 Å². The van der Waals surface area contributed by atoms with Gasteiger partial charge in [-0.05, 0) is 52.9 Å². The molecule has 8 nitrogen and oxygen atoms in total. The normalized spacial score (nSPS) is 11.3. The monoisotopic (exact) mass is 437 g/mol. The number of hydroxylamine groups is 1. The molecule has 0 saturated heterocycles. The van der Waals surface area contributed by atoms with E-state index in [1.165, 1.54) is 10.5 Å². The number of carbonyl (C=O) groups is 1. The molecule has 0 saturated carbocycles. The summed E-state index contributed by atoms with van der Waals surface area (Å²) in [6, 6.07) is 21.9. The van der Waals surface area contributed by atoms with E-state index in [0.29, 0.717) is 6.61 Å². The number of hydrogen-bond donors (Lipinski definition) is 4. The molecule has 32 heavy (non-hydrogen) atoms. The molecule has 0 bridgehead atoms. The molecule has 0 aliphatic rings. The number of ether oxygens (including phenoxy) is 1. The smallest absolute Gasteiger partial charge is 0.407 e. The van der Waals surface area contributed by atoms with Crippen molar-refractivity contribution in [3.8, 4) is 5.75 Å². The van der Waals surface area contributed by atoms with E-state index in [-0.39, 0.29) is 25.3 Å². The summed E-state index contributed by atoms with van der Waals surface area (Å²) in [5.74, 6) is 0.698. The number of amidine groups is 1. The lowest BCUT2D eigenvalue weighted by Crippen LogP contribution is -2.33. The van der Waals surface area contributed by atoms with Crippen molar-refractivity contribution in [1.82, 2.24) is 10.4 Å². The average Bonchev–Trinajstić information content (AvgIpc) is 2.82. The van der Waals surface area contributed by atoms with Crippen LogP contribution in [0.2, 0.25) is 0 Å². The predicted octanol–water partition coefficient (Wildman–Crippen LogP) is 4.49. The number of benzene rings is 3. The molecular formula is C24H27N3O5. The van der Waals surface area contributed by atoms with E-state index in [4.69, 9.17) is 15.2 Å². The SMILES string of the molecule is O=C(O)N(CCC(=NO)NO)Cc1ccc2cc(OCCCc3ccccc3)ccc2c1. The minimum Gasteiger partial charge on any atom is -0.494 e. The number of rotatable bonds is 10. The molecule has 0 aliphatic heterocycles. The molecule has 0 fully saturated rings. The van der Waals surface area contributed by atoms with Crippen LogP contribution in [0.3, 0.4) is 0 Å². The van der Waals surface area contributed by atoms with E-state index < -0.39 is 6.09 Å². The number of nitrogens with zero attached hydrogens (tertiary/aromatic N) is 2. The van der Waals surface area contributed by atoms with E-state index in [9.17, 15) is 9.90 Å². The van der Waals surface area contributed by atoms with Crippen molar-refractivity contribution in [1.29, 1.82) is 0 Å². The molecule has 0 atom stereocenters. The van der Waals surface area contributed by atoms with Gasteiger partial charge in [0, 0.05) is 19.5 Å². The van der Waals surface area contributed by atoms with Crippen LogP contribution in [0, 0.1) is 0 Å². The molecule has 0 radical (unpaired) electrons. The summed E-state index contributed by atoms with van der Waals surface area (Å²) in [4.78, 5) is 12.7. The van der Waals surface area contributed by atoms with Gasteiger partial charge in [-0.15, -0.1) is 0 Å². The first-order valence-corrected chi connectivity index (χ1v) is 10.4. The summed E-state index contributed by atoms with van der Waals surface area (Å²) < 4.78 is 5.89. The summed E-state index contributed by atoms with van der Waals surface area (Å²) in [5.41, 5.74) is 3.86. The third kappa shape index (κ3) is 6.61. The fourth-order valence-corrected chi connectivity index (χ4v) is 3.40. The van der Waals surface area contributed by atoms with E-state index in [1.54, 1.807) is 5.48 Å². The van der Waals surface area contributed by atoms with E-state index in [1.807, 2.05) is 54.6 Å². The summed E-state index contributed by atoms with van der Waals surface area (Å²) in [5, 5.41) is 31.8. The molecular weight excluding hydrogens is 410 g/mol. The molecule has 4 N–H and O–H groups in total. The van der Waals surface area contributed by atoms with Crippen molar-refractivity contribution in [2.75, 3.05) is 13.2 Å². The maximum Gasteiger partial charge on any atom is 0.407 e. The molecule has 8 heteroatoms. The first kappa shape index (κ1) is 22.9. The lowest BCUT2D eigenvalue weighted by atomic mass is 10.1. The Morgan fingerprint density at radius 2 is 1.75 bits per heavy atom. The van der Waals surface area contributed by atoms with Crippen LogP contribution >= 0.6 is 0 Å². The highest BCUT2D eigenvalue weighted by atomic mass is 16.5. The molecule has 0 aromatic heterocycles. The molecule has 3 aromatic carbocycles. The molecule has 1 amide bonds. The van der Waals surface area contributed by atoms with Crippen molar-refractivity contribution < 1.29 is 25.1 Å². The highest BCUT2D eigenvalue weighted by molar-refractivity contribution is 5.84. The summed E-state index contributed by atoms with van der Waals surface area (Å²) in [7, 11) is 0. The third-order valence-electron chi connectivity index (χ3n) is 5.11. The number of aryl methyl sites for hydroxylation is 1. The van der Waals surface area contributed by atoms with Crippen molar-refractivity contribution in [2.45, 2.75) is 25.8 Å². The van der Waals surface area contributed by atoms with Crippen LogP contribution in [-0.4, -0.2) is 45.5 Å². The highest BCUT2D eigenvalue weighted by Gasteiger charge is 2.14. The van der Waals surface area contributed by atoms with Gasteiger partial charge in [0.25, 0.3) is 0 Å². The number of nitrogens with one attached hydrogen (secondary N) is 1. The highest BCUT2D eigenvalue weighted by Crippen LogP contribution is 2.23. The quantitative estimate of drug-likeness (QED) is 0.122. The Morgan fingerprint density at radius 3 is 2.47 bits per heavy atom. The van der Waals surface area contributed by atoms with Crippen LogP contribution in [-0.2, 0) is 13.0 Å². The van der Waals surface area contributed by atoms with Crippen molar-refractivity contribution in [3.63, 3.8) is 0 Å². The predicted molar refractivity (Wildman–Crippen MR) is 121 cm³/mol. The van der Waals surface area contributed by atoms with Crippen molar-refractivity contribution in [2.24, 2.45) is 5.16 Å². The fourth-order valence-electron chi connectivity index (χ4n) is 3.40. The van der Waals surface area contributed by atoms with Gasteiger partial charge in [0.15, 0.2) is 5.84 Å². The van der Waals surface area contributed by atoms with E-state index in [2.05, 4.69) is 17.3 Å². The molecule has 3 rings (SSSR count). The average molecular weight is 437 g/mol. The minimum atomic E-state index is -1.10. The zero-order valence-corrected chi connectivity index (χ0v) is 17.6. The van der Waals surface area contributed by atoms with Gasteiger partial charge in [-0.2, -0.15) is 0 Å². The maximum atomic E-state index is 11.5. The lowest BCUT2D eigenvalue weighted by Gasteiger charge is -2.19. The Bertz CT molecular complexity index is 1060. The van der Waals surface area contributed by atoms with E-state index >= 15 is 0 Å². The van der Waals surface area contributed by atoms with Gasteiger partial charge in [0.1, 0.15) is 5.75 Å². The Hall–Kier alpha value is -3.78. The van der Waals surface area contributed by atoms with Crippen LogP contribution in [0.1, 0.15) is 24.0 Å². The number of oxime groups is 1. The molecule has 3 aromatic rings. The molecule has 0 unspecified atom stereocenters. The first-order chi connectivity index (χ1) is 15.6. The summed E-state index contributed by atoms with van der Waals surface area (Å²) in [6.45, 7) is 0.872. The van der Waals surface area contributed by atoms with Crippen LogP contribution < -0.4 is 10.2 Å². The Kier molecular flexibility index (Phi) is 8.28. The van der Waals surface area contributed by atoms with Crippen LogP contribution in [0.5, 0.6) is 5.75 Å². The van der Waals surface area contributed by atoms with Gasteiger partial charge in [-0.3, -0.25) is 10.7 Å². The standard InChI is InChI=1S/C24H27N3O5/c28-24(29)27(13-12-23(25-30)26-31)17-19-8-9-21-16-22(11-10-20(21)15-19)32-14-4-7-18-5-2-1-3-6-18/h1-3,5-6,8-11,15-16,30-31H,4,7,12-14,17H2,(H,25,26)(H,28,29). The van der Waals surface area contributed by atoms with Gasteiger partial charge in [-0.25, -0.2) is 4.79 Å². The molecule has 168 valence electrons. The zero-order chi connectivity index (χ0) is 22.8.